The highest BCUT2D eigenvalue weighted by atomic mass is 32.2. The van der Waals surface area contributed by atoms with E-state index in [0.717, 1.165) is 11.1 Å². The number of hydrogen-bond acceptors (Lipinski definition) is 4. The molecule has 0 bridgehead atoms. The van der Waals surface area contributed by atoms with Gasteiger partial charge in [-0.05, 0) is 41.2 Å². The van der Waals surface area contributed by atoms with Crippen molar-refractivity contribution in [2.24, 2.45) is 0 Å². The minimum Gasteiger partial charge on any atom is -0.469 e. The summed E-state index contributed by atoms with van der Waals surface area (Å²) in [6.07, 6.45) is 2.76. The average Bonchev–Trinajstić information content (AvgIpc) is 2.70. The van der Waals surface area contributed by atoms with Gasteiger partial charge in [-0.25, -0.2) is 0 Å². The van der Waals surface area contributed by atoms with Crippen LogP contribution in [0.3, 0.4) is 0 Å². The predicted molar refractivity (Wildman–Crippen MR) is 112 cm³/mol. The van der Waals surface area contributed by atoms with Crippen LogP contribution in [0.2, 0.25) is 0 Å². The maximum absolute atomic E-state index is 12.7. The molecule has 2 aromatic carbocycles. The predicted octanol–water partition coefficient (Wildman–Crippen LogP) is 5.15. The summed E-state index contributed by atoms with van der Waals surface area (Å²) in [5, 5.41) is 0. The highest BCUT2D eigenvalue weighted by molar-refractivity contribution is 7.96. The smallest absolute Gasteiger partial charge is 0.305 e. The molecule has 0 atom stereocenters. The van der Waals surface area contributed by atoms with Crippen LogP contribution in [0.1, 0.15) is 48.5 Å². The zero-order valence-corrected chi connectivity index (χ0v) is 17.2. The molecule has 0 saturated heterocycles. The summed E-state index contributed by atoms with van der Waals surface area (Å²) in [5.74, 6) is 0.209. The molecule has 0 aliphatic carbocycles. The van der Waals surface area contributed by atoms with Gasteiger partial charge < -0.3 is 4.74 Å². The van der Waals surface area contributed by atoms with Crippen LogP contribution in [-0.2, 0) is 9.53 Å². The topological polar surface area (TPSA) is 46.6 Å². The zero-order chi connectivity index (χ0) is 19.8. The molecule has 2 rings (SSSR count). The van der Waals surface area contributed by atoms with Gasteiger partial charge in [-0.3, -0.25) is 13.9 Å². The Labute approximate surface area is 166 Å². The van der Waals surface area contributed by atoms with Crippen LogP contribution in [0, 0.1) is 0 Å². The molecule has 0 aliphatic heterocycles. The van der Waals surface area contributed by atoms with Crippen LogP contribution in [0.4, 0.5) is 0 Å². The number of rotatable bonds is 8. The quantitative estimate of drug-likeness (QED) is 0.466. The summed E-state index contributed by atoms with van der Waals surface area (Å²) >= 11 is 1.37. The van der Waals surface area contributed by atoms with E-state index in [1.807, 2.05) is 30.5 Å². The summed E-state index contributed by atoms with van der Waals surface area (Å²) in [6.45, 7) is 4.86. The van der Waals surface area contributed by atoms with E-state index in [4.69, 9.17) is 0 Å². The number of hydrogen-bond donors (Lipinski definition) is 0. The fraction of sp³-hybridized carbons (Fsp3) is 0.364. The molecule has 4 nitrogen and oxygen atoms in total. The number of amides is 1. The monoisotopic (exact) mass is 385 g/mol. The summed E-state index contributed by atoms with van der Waals surface area (Å²) < 4.78 is 6.31. The van der Waals surface area contributed by atoms with E-state index in [1.54, 1.807) is 4.31 Å². The Balaban J connectivity index is 2.04. The molecule has 0 aromatic heterocycles. The minimum absolute atomic E-state index is 0.0472. The SMILES string of the molecule is COC(=O)CCCN(SC)C(=O)c1ccc(-c2ccc(C(C)C)cc2)cc1. The van der Waals surface area contributed by atoms with Gasteiger partial charge in [0.2, 0.25) is 0 Å². The van der Waals surface area contributed by atoms with E-state index < -0.39 is 0 Å². The summed E-state index contributed by atoms with van der Waals surface area (Å²) in [7, 11) is 1.37. The number of carbonyl (C=O) groups is 2. The molecule has 0 saturated carbocycles. The van der Waals surface area contributed by atoms with Gasteiger partial charge in [0, 0.05) is 24.8 Å². The molecular formula is C22H27NO3S. The first-order valence-corrected chi connectivity index (χ1v) is 10.3. The van der Waals surface area contributed by atoms with Crippen LogP contribution < -0.4 is 0 Å². The van der Waals surface area contributed by atoms with Crippen LogP contribution in [0.25, 0.3) is 11.1 Å². The molecule has 0 unspecified atom stereocenters. The van der Waals surface area contributed by atoms with Gasteiger partial charge in [0.15, 0.2) is 0 Å². The second-order valence-corrected chi connectivity index (χ2v) is 7.43. The van der Waals surface area contributed by atoms with Gasteiger partial charge in [0.05, 0.1) is 7.11 Å². The first kappa shape index (κ1) is 21.0. The maximum atomic E-state index is 12.7. The molecule has 1 amide bonds. The highest BCUT2D eigenvalue weighted by Crippen LogP contribution is 2.24. The lowest BCUT2D eigenvalue weighted by Crippen LogP contribution is -2.25. The largest absolute Gasteiger partial charge is 0.469 e. The molecule has 0 aliphatic rings. The van der Waals surface area contributed by atoms with Crippen LogP contribution in [0.15, 0.2) is 48.5 Å². The first-order valence-electron chi connectivity index (χ1n) is 9.09. The van der Waals surface area contributed by atoms with Crippen molar-refractivity contribution in [1.29, 1.82) is 0 Å². The highest BCUT2D eigenvalue weighted by Gasteiger charge is 2.15. The Kier molecular flexibility index (Phi) is 7.92. The average molecular weight is 386 g/mol. The van der Waals surface area contributed by atoms with Crippen molar-refractivity contribution in [1.82, 2.24) is 4.31 Å². The lowest BCUT2D eigenvalue weighted by atomic mass is 9.98. The van der Waals surface area contributed by atoms with Crippen LogP contribution in [-0.4, -0.2) is 36.1 Å². The molecule has 0 fully saturated rings. The fourth-order valence-corrected chi connectivity index (χ4v) is 3.34. The Morgan fingerprint density at radius 3 is 2.04 bits per heavy atom. The van der Waals surface area contributed by atoms with E-state index in [9.17, 15) is 9.59 Å². The zero-order valence-electron chi connectivity index (χ0n) is 16.4. The molecular weight excluding hydrogens is 358 g/mol. The fourth-order valence-electron chi connectivity index (χ4n) is 2.75. The number of methoxy groups -OCH3 is 1. The Hall–Kier alpha value is -2.27. The second-order valence-electron chi connectivity index (χ2n) is 6.62. The second kappa shape index (κ2) is 10.2. The molecule has 2 aromatic rings. The minimum atomic E-state index is -0.253. The van der Waals surface area contributed by atoms with E-state index in [1.165, 1.54) is 24.6 Å². The van der Waals surface area contributed by atoms with E-state index in [2.05, 4.69) is 42.8 Å². The third kappa shape index (κ3) is 5.86. The summed E-state index contributed by atoms with van der Waals surface area (Å²) in [6, 6.07) is 16.2. The van der Waals surface area contributed by atoms with E-state index >= 15 is 0 Å². The molecule has 0 N–H and O–H groups in total. The van der Waals surface area contributed by atoms with Crippen molar-refractivity contribution in [2.75, 3.05) is 19.9 Å². The normalized spacial score (nSPS) is 10.7. The number of carbonyl (C=O) groups excluding carboxylic acids is 2. The van der Waals surface area contributed by atoms with Crippen LogP contribution in [0.5, 0.6) is 0 Å². The van der Waals surface area contributed by atoms with Crippen molar-refractivity contribution in [3.63, 3.8) is 0 Å². The van der Waals surface area contributed by atoms with E-state index in [0.29, 0.717) is 30.9 Å². The van der Waals surface area contributed by atoms with Crippen molar-refractivity contribution in [3.05, 3.63) is 59.7 Å². The summed E-state index contributed by atoms with van der Waals surface area (Å²) in [4.78, 5) is 23.9. The maximum Gasteiger partial charge on any atom is 0.305 e. The lowest BCUT2D eigenvalue weighted by Gasteiger charge is -2.19. The number of ether oxygens (including phenoxy) is 1. The van der Waals surface area contributed by atoms with Crippen molar-refractivity contribution >= 4 is 23.8 Å². The van der Waals surface area contributed by atoms with Gasteiger partial charge in [-0.1, -0.05) is 62.2 Å². The summed E-state index contributed by atoms with van der Waals surface area (Å²) in [5.41, 5.74) is 4.18. The van der Waals surface area contributed by atoms with Crippen LogP contribution >= 0.6 is 11.9 Å². The Morgan fingerprint density at radius 2 is 1.56 bits per heavy atom. The van der Waals surface area contributed by atoms with Gasteiger partial charge in [-0.15, -0.1) is 0 Å². The van der Waals surface area contributed by atoms with Gasteiger partial charge >= 0.3 is 5.97 Å². The standard InChI is InChI=1S/C22H27NO3S/c1-16(2)17-7-9-18(10-8-17)19-11-13-20(14-12-19)22(25)23(27-4)15-5-6-21(24)26-3/h7-14,16H,5-6,15H2,1-4H3. The number of nitrogens with zero attached hydrogens (tertiary/aromatic N) is 1. The molecule has 0 radical (unpaired) electrons. The molecule has 144 valence electrons. The molecule has 0 spiro atoms. The van der Waals surface area contributed by atoms with Gasteiger partial charge in [-0.2, -0.15) is 0 Å². The van der Waals surface area contributed by atoms with Crippen molar-refractivity contribution in [3.8, 4) is 11.1 Å². The Bertz CT molecular complexity index is 754. The first-order chi connectivity index (χ1) is 13.0. The van der Waals surface area contributed by atoms with Crippen molar-refractivity contribution in [2.45, 2.75) is 32.6 Å². The third-order valence-corrected chi connectivity index (χ3v) is 5.25. The Morgan fingerprint density at radius 1 is 1.00 bits per heavy atom. The molecule has 0 heterocycles. The van der Waals surface area contributed by atoms with Gasteiger partial charge in [0.1, 0.15) is 0 Å². The molecule has 5 heteroatoms. The van der Waals surface area contributed by atoms with Gasteiger partial charge in [0.25, 0.3) is 5.91 Å². The van der Waals surface area contributed by atoms with Crippen molar-refractivity contribution < 1.29 is 14.3 Å². The third-order valence-electron chi connectivity index (χ3n) is 4.46. The lowest BCUT2D eigenvalue weighted by molar-refractivity contribution is -0.140. The molecule has 27 heavy (non-hydrogen) atoms. The van der Waals surface area contributed by atoms with E-state index in [-0.39, 0.29) is 11.9 Å². The number of esters is 1. The number of benzene rings is 2.